The van der Waals surface area contributed by atoms with Crippen molar-refractivity contribution in [2.45, 2.75) is 31.7 Å². The Morgan fingerprint density at radius 1 is 1.38 bits per heavy atom. The Hall–Kier alpha value is -0.0800. The highest BCUT2D eigenvalue weighted by Gasteiger charge is 2.18. The van der Waals surface area contributed by atoms with Gasteiger partial charge in [-0.1, -0.05) is 6.92 Å². The lowest BCUT2D eigenvalue weighted by Gasteiger charge is -2.30. The van der Waals surface area contributed by atoms with Gasteiger partial charge in [-0.25, -0.2) is 0 Å². The highest BCUT2D eigenvalue weighted by Crippen LogP contribution is 2.20. The Balaban J connectivity index is 2.27. The van der Waals surface area contributed by atoms with Crippen molar-refractivity contribution < 1.29 is 0 Å². The molecule has 0 aromatic carbocycles. The van der Waals surface area contributed by atoms with Crippen molar-refractivity contribution in [3.05, 3.63) is 6.92 Å². The minimum atomic E-state index is 0.683. The van der Waals surface area contributed by atoms with E-state index in [1.54, 1.807) is 0 Å². The van der Waals surface area contributed by atoms with Crippen LogP contribution in [0.4, 0.5) is 0 Å². The first kappa shape index (κ1) is 11.0. The minimum Gasteiger partial charge on any atom is -0.317 e. The lowest BCUT2D eigenvalue weighted by molar-refractivity contribution is 0.221. The molecule has 0 bridgehead atoms. The van der Waals surface area contributed by atoms with Crippen molar-refractivity contribution >= 4 is 0 Å². The van der Waals surface area contributed by atoms with E-state index >= 15 is 0 Å². The first-order valence-corrected chi connectivity index (χ1v) is 5.40. The van der Waals surface area contributed by atoms with Crippen LogP contribution in [-0.4, -0.2) is 38.1 Å². The molecule has 77 valence electrons. The third kappa shape index (κ3) is 3.65. The van der Waals surface area contributed by atoms with Crippen LogP contribution < -0.4 is 5.32 Å². The molecule has 1 heterocycles. The number of hydrogen-bond donors (Lipinski definition) is 1. The first-order valence-electron chi connectivity index (χ1n) is 5.40. The van der Waals surface area contributed by atoms with Gasteiger partial charge in [-0.15, -0.1) is 0 Å². The molecule has 0 aliphatic carbocycles. The molecule has 1 atom stereocenters. The average molecular weight is 183 g/mol. The zero-order valence-electron chi connectivity index (χ0n) is 9.05. The van der Waals surface area contributed by atoms with Gasteiger partial charge in [-0.2, -0.15) is 0 Å². The van der Waals surface area contributed by atoms with Gasteiger partial charge < -0.3 is 10.2 Å². The molecule has 1 aliphatic heterocycles. The SMILES string of the molecule is [CH2]CC(CC1CCNCC1)N(C)C. The van der Waals surface area contributed by atoms with Gasteiger partial charge in [0.25, 0.3) is 0 Å². The smallest absolute Gasteiger partial charge is 0.00918 e. The van der Waals surface area contributed by atoms with Crippen molar-refractivity contribution in [3.8, 4) is 0 Å². The molecular weight excluding hydrogens is 160 g/mol. The summed E-state index contributed by atoms with van der Waals surface area (Å²) in [5, 5.41) is 3.41. The Bertz CT molecular complexity index is 128. The summed E-state index contributed by atoms with van der Waals surface area (Å²) in [4.78, 5) is 2.31. The van der Waals surface area contributed by atoms with Crippen LogP contribution >= 0.6 is 0 Å². The molecule has 0 aromatic rings. The van der Waals surface area contributed by atoms with Gasteiger partial charge in [0.1, 0.15) is 0 Å². The molecule has 0 saturated carbocycles. The standard InChI is InChI=1S/C11H23N2/c1-4-11(13(2)3)9-10-5-7-12-8-6-10/h10-12H,1,4-9H2,2-3H3. The monoisotopic (exact) mass is 183 g/mol. The van der Waals surface area contributed by atoms with Gasteiger partial charge in [0, 0.05) is 6.04 Å². The third-order valence-electron chi connectivity index (χ3n) is 3.13. The highest BCUT2D eigenvalue weighted by atomic mass is 15.1. The number of nitrogens with one attached hydrogen (secondary N) is 1. The molecule has 0 spiro atoms. The molecule has 1 radical (unpaired) electrons. The van der Waals surface area contributed by atoms with Crippen LogP contribution in [0, 0.1) is 12.8 Å². The molecule has 1 aliphatic rings. The Morgan fingerprint density at radius 3 is 2.46 bits per heavy atom. The Kier molecular flexibility index (Phi) is 4.74. The van der Waals surface area contributed by atoms with E-state index in [0.29, 0.717) is 6.04 Å². The fourth-order valence-electron chi connectivity index (χ4n) is 2.09. The zero-order valence-corrected chi connectivity index (χ0v) is 9.05. The predicted molar refractivity (Wildman–Crippen MR) is 57.7 cm³/mol. The molecule has 2 heteroatoms. The quantitative estimate of drug-likeness (QED) is 0.711. The first-order chi connectivity index (χ1) is 6.24. The van der Waals surface area contributed by atoms with Crippen LogP contribution in [0.15, 0.2) is 0 Å². The summed E-state index contributed by atoms with van der Waals surface area (Å²) in [6.07, 6.45) is 5.07. The molecule has 1 N–H and O–H groups in total. The maximum Gasteiger partial charge on any atom is 0.00918 e. The largest absolute Gasteiger partial charge is 0.317 e. The van der Waals surface area contributed by atoms with Crippen LogP contribution in [0.5, 0.6) is 0 Å². The minimum absolute atomic E-state index is 0.683. The number of piperidine rings is 1. The second-order valence-electron chi connectivity index (χ2n) is 4.34. The molecule has 1 fully saturated rings. The van der Waals surface area contributed by atoms with Gasteiger partial charge in [0.2, 0.25) is 0 Å². The second kappa shape index (κ2) is 5.61. The molecule has 0 amide bonds. The molecule has 1 unspecified atom stereocenters. The molecule has 1 rings (SSSR count). The van der Waals surface area contributed by atoms with Crippen LogP contribution in [0.3, 0.4) is 0 Å². The van der Waals surface area contributed by atoms with Crippen molar-refractivity contribution in [3.63, 3.8) is 0 Å². The van der Waals surface area contributed by atoms with Crippen molar-refractivity contribution in [1.29, 1.82) is 0 Å². The number of rotatable bonds is 4. The number of nitrogens with zero attached hydrogens (tertiary/aromatic N) is 1. The van der Waals surface area contributed by atoms with Crippen molar-refractivity contribution in [2.75, 3.05) is 27.2 Å². The van der Waals surface area contributed by atoms with E-state index in [1.807, 2.05) is 0 Å². The maximum absolute atomic E-state index is 4.02. The van der Waals surface area contributed by atoms with E-state index in [4.69, 9.17) is 0 Å². The topological polar surface area (TPSA) is 15.3 Å². The van der Waals surface area contributed by atoms with Crippen LogP contribution in [0.25, 0.3) is 0 Å². The van der Waals surface area contributed by atoms with E-state index in [-0.39, 0.29) is 0 Å². The van der Waals surface area contributed by atoms with E-state index in [0.717, 1.165) is 12.3 Å². The second-order valence-corrected chi connectivity index (χ2v) is 4.34. The normalized spacial score (nSPS) is 22.2. The van der Waals surface area contributed by atoms with Crippen LogP contribution in [-0.2, 0) is 0 Å². The fraction of sp³-hybridized carbons (Fsp3) is 0.909. The number of hydrogen-bond acceptors (Lipinski definition) is 2. The van der Waals surface area contributed by atoms with Gasteiger partial charge in [-0.05, 0) is 58.8 Å². The Morgan fingerprint density at radius 2 is 2.00 bits per heavy atom. The maximum atomic E-state index is 4.02. The molecule has 2 nitrogen and oxygen atoms in total. The lowest BCUT2D eigenvalue weighted by atomic mass is 9.90. The summed E-state index contributed by atoms with van der Waals surface area (Å²) in [5.41, 5.74) is 0. The molecular formula is C11H23N2. The van der Waals surface area contributed by atoms with E-state index in [1.165, 1.54) is 32.4 Å². The highest BCUT2D eigenvalue weighted by molar-refractivity contribution is 4.76. The summed E-state index contributed by atoms with van der Waals surface area (Å²) in [5.74, 6) is 0.926. The van der Waals surface area contributed by atoms with E-state index < -0.39 is 0 Å². The van der Waals surface area contributed by atoms with Crippen molar-refractivity contribution in [2.24, 2.45) is 5.92 Å². The summed E-state index contributed by atoms with van der Waals surface area (Å²) in [6.45, 7) is 6.44. The summed E-state index contributed by atoms with van der Waals surface area (Å²) in [7, 11) is 4.33. The average Bonchev–Trinajstić information content (AvgIpc) is 2.15. The summed E-state index contributed by atoms with van der Waals surface area (Å²) < 4.78 is 0. The van der Waals surface area contributed by atoms with Gasteiger partial charge in [0.05, 0.1) is 0 Å². The van der Waals surface area contributed by atoms with Gasteiger partial charge in [-0.3, -0.25) is 0 Å². The lowest BCUT2D eigenvalue weighted by Crippen LogP contribution is -2.34. The van der Waals surface area contributed by atoms with E-state index in [9.17, 15) is 0 Å². The fourth-order valence-corrected chi connectivity index (χ4v) is 2.09. The zero-order chi connectivity index (χ0) is 9.68. The van der Waals surface area contributed by atoms with Gasteiger partial charge in [0.15, 0.2) is 0 Å². The molecule has 13 heavy (non-hydrogen) atoms. The predicted octanol–water partition coefficient (Wildman–Crippen LogP) is 1.53. The summed E-state index contributed by atoms with van der Waals surface area (Å²) >= 11 is 0. The van der Waals surface area contributed by atoms with Crippen molar-refractivity contribution in [1.82, 2.24) is 10.2 Å². The summed E-state index contributed by atoms with van der Waals surface area (Å²) in [6, 6.07) is 0.683. The van der Waals surface area contributed by atoms with Crippen LogP contribution in [0.2, 0.25) is 0 Å². The molecule has 1 saturated heterocycles. The third-order valence-corrected chi connectivity index (χ3v) is 3.13. The van der Waals surface area contributed by atoms with Crippen LogP contribution in [0.1, 0.15) is 25.7 Å². The van der Waals surface area contributed by atoms with Gasteiger partial charge >= 0.3 is 0 Å². The molecule has 0 aromatic heterocycles. The Labute approximate surface area is 82.7 Å². The van der Waals surface area contributed by atoms with E-state index in [2.05, 4.69) is 31.2 Å².